The number of Topliss-reactive ketones (excluding diaryl/α,β-unsaturated/α-hetero) is 1. The van der Waals surface area contributed by atoms with Crippen LogP contribution in [0.4, 0.5) is 0 Å². The molecule has 0 saturated heterocycles. The maximum absolute atomic E-state index is 13.0. The summed E-state index contributed by atoms with van der Waals surface area (Å²) in [6.45, 7) is 11.2. The van der Waals surface area contributed by atoms with Crippen LogP contribution in [0.2, 0.25) is 18.1 Å². The van der Waals surface area contributed by atoms with Crippen LogP contribution in [0.5, 0.6) is 0 Å². The Bertz CT molecular complexity index is 705. The van der Waals surface area contributed by atoms with Crippen molar-refractivity contribution >= 4 is 14.1 Å². The van der Waals surface area contributed by atoms with Crippen molar-refractivity contribution in [2.45, 2.75) is 56.8 Å². The molecule has 2 nitrogen and oxygen atoms in total. The molecule has 1 saturated carbocycles. The van der Waals surface area contributed by atoms with Gasteiger partial charge in [-0.1, -0.05) is 81.4 Å². The first-order chi connectivity index (χ1) is 11.7. The standard InChI is InChI=1S/C22H28O2Si/c1-21(2,3)25(4,5)24-20-16-19(23)22(20,17-12-8-6-9-13-17)18-14-10-7-11-15-18/h6-15,20H,16H2,1-5H3. The summed E-state index contributed by atoms with van der Waals surface area (Å²) < 4.78 is 6.75. The van der Waals surface area contributed by atoms with E-state index in [0.717, 1.165) is 11.1 Å². The molecule has 1 aliphatic rings. The molecule has 0 aliphatic heterocycles. The first-order valence-electron chi connectivity index (χ1n) is 9.02. The molecule has 25 heavy (non-hydrogen) atoms. The highest BCUT2D eigenvalue weighted by atomic mass is 28.4. The summed E-state index contributed by atoms with van der Waals surface area (Å²) in [5.74, 6) is 0.258. The van der Waals surface area contributed by atoms with Gasteiger partial charge in [-0.05, 0) is 29.3 Å². The maximum atomic E-state index is 13.0. The monoisotopic (exact) mass is 352 g/mol. The molecule has 1 atom stereocenters. The van der Waals surface area contributed by atoms with E-state index in [4.69, 9.17) is 4.43 Å². The van der Waals surface area contributed by atoms with E-state index in [1.807, 2.05) is 36.4 Å². The minimum atomic E-state index is -1.97. The van der Waals surface area contributed by atoms with Gasteiger partial charge < -0.3 is 4.43 Å². The second-order valence-corrected chi connectivity index (χ2v) is 13.3. The van der Waals surface area contributed by atoms with Gasteiger partial charge in [-0.3, -0.25) is 4.79 Å². The first kappa shape index (κ1) is 18.1. The highest BCUT2D eigenvalue weighted by molar-refractivity contribution is 6.74. The predicted octanol–water partition coefficient (Wildman–Crippen LogP) is 5.34. The van der Waals surface area contributed by atoms with Crippen molar-refractivity contribution in [3.8, 4) is 0 Å². The second kappa shape index (κ2) is 6.22. The molecule has 2 aromatic carbocycles. The number of carbonyl (C=O) groups is 1. The Morgan fingerprint density at radius 2 is 1.36 bits per heavy atom. The summed E-state index contributed by atoms with van der Waals surface area (Å²) >= 11 is 0. The van der Waals surface area contributed by atoms with Crippen molar-refractivity contribution in [2.75, 3.05) is 0 Å². The zero-order chi connectivity index (χ0) is 18.3. The van der Waals surface area contributed by atoms with Crippen molar-refractivity contribution < 1.29 is 9.22 Å². The summed E-state index contributed by atoms with van der Waals surface area (Å²) in [4.78, 5) is 13.0. The van der Waals surface area contributed by atoms with Gasteiger partial charge in [0.05, 0.1) is 6.10 Å². The van der Waals surface area contributed by atoms with Gasteiger partial charge in [0.2, 0.25) is 0 Å². The number of rotatable bonds is 4. The summed E-state index contributed by atoms with van der Waals surface area (Å²) in [5.41, 5.74) is 1.42. The minimum Gasteiger partial charge on any atom is -0.412 e. The molecule has 0 radical (unpaired) electrons. The first-order valence-corrected chi connectivity index (χ1v) is 11.9. The Morgan fingerprint density at radius 3 is 1.72 bits per heavy atom. The molecule has 0 N–H and O–H groups in total. The molecule has 1 fully saturated rings. The van der Waals surface area contributed by atoms with Gasteiger partial charge in [0.15, 0.2) is 14.1 Å². The summed E-state index contributed by atoms with van der Waals surface area (Å²) in [6, 6.07) is 20.3. The maximum Gasteiger partial charge on any atom is 0.192 e. The van der Waals surface area contributed by atoms with Crippen LogP contribution in [0.3, 0.4) is 0 Å². The Labute approximate surface area is 152 Å². The van der Waals surface area contributed by atoms with Gasteiger partial charge in [-0.25, -0.2) is 0 Å². The molecule has 1 unspecified atom stereocenters. The van der Waals surface area contributed by atoms with Crippen molar-refractivity contribution in [2.24, 2.45) is 0 Å². The van der Waals surface area contributed by atoms with E-state index in [1.54, 1.807) is 0 Å². The molecular formula is C22H28O2Si. The Morgan fingerprint density at radius 1 is 0.920 bits per heavy atom. The molecule has 0 bridgehead atoms. The van der Waals surface area contributed by atoms with Crippen LogP contribution in [-0.4, -0.2) is 20.2 Å². The van der Waals surface area contributed by atoms with Crippen molar-refractivity contribution in [1.82, 2.24) is 0 Å². The van der Waals surface area contributed by atoms with E-state index >= 15 is 0 Å². The largest absolute Gasteiger partial charge is 0.412 e. The van der Waals surface area contributed by atoms with Gasteiger partial charge in [0, 0.05) is 6.42 Å². The molecule has 132 valence electrons. The van der Waals surface area contributed by atoms with E-state index in [2.05, 4.69) is 58.1 Å². The van der Waals surface area contributed by atoms with Gasteiger partial charge in [0.25, 0.3) is 0 Å². The lowest BCUT2D eigenvalue weighted by Crippen LogP contribution is -2.63. The Kier molecular flexibility index (Phi) is 4.50. The highest BCUT2D eigenvalue weighted by Gasteiger charge is 2.59. The fourth-order valence-electron chi connectivity index (χ4n) is 3.46. The number of carbonyl (C=O) groups excluding carboxylic acids is 1. The highest BCUT2D eigenvalue weighted by Crippen LogP contribution is 2.51. The lowest BCUT2D eigenvalue weighted by molar-refractivity contribution is -0.139. The lowest BCUT2D eigenvalue weighted by Gasteiger charge is -2.52. The van der Waals surface area contributed by atoms with E-state index in [9.17, 15) is 4.79 Å². The normalized spacial score (nSPS) is 20.2. The number of hydrogen-bond acceptors (Lipinski definition) is 2. The molecule has 0 amide bonds. The zero-order valence-electron chi connectivity index (χ0n) is 15.9. The van der Waals surface area contributed by atoms with E-state index in [1.165, 1.54) is 0 Å². The summed E-state index contributed by atoms with van der Waals surface area (Å²) in [7, 11) is -1.97. The van der Waals surface area contributed by atoms with Crippen LogP contribution in [0.25, 0.3) is 0 Å². The molecule has 0 heterocycles. The Balaban J connectivity index is 2.10. The fourth-order valence-corrected chi connectivity index (χ4v) is 4.78. The van der Waals surface area contributed by atoms with E-state index in [0.29, 0.717) is 6.42 Å². The molecule has 3 heteroatoms. The van der Waals surface area contributed by atoms with Gasteiger partial charge >= 0.3 is 0 Å². The molecular weight excluding hydrogens is 324 g/mol. The Hall–Kier alpha value is -1.71. The van der Waals surface area contributed by atoms with Crippen molar-refractivity contribution in [1.29, 1.82) is 0 Å². The summed E-state index contributed by atoms with van der Waals surface area (Å²) in [5, 5.41) is 0.116. The van der Waals surface area contributed by atoms with E-state index < -0.39 is 13.7 Å². The van der Waals surface area contributed by atoms with Crippen LogP contribution in [0, 0.1) is 0 Å². The van der Waals surface area contributed by atoms with Gasteiger partial charge in [0.1, 0.15) is 5.41 Å². The van der Waals surface area contributed by atoms with Crippen LogP contribution in [0.1, 0.15) is 38.3 Å². The zero-order valence-corrected chi connectivity index (χ0v) is 16.9. The molecule has 1 aliphatic carbocycles. The molecule has 2 aromatic rings. The van der Waals surface area contributed by atoms with Crippen LogP contribution < -0.4 is 0 Å². The lowest BCUT2D eigenvalue weighted by atomic mass is 9.57. The number of ketones is 1. The molecule has 0 spiro atoms. The van der Waals surface area contributed by atoms with E-state index in [-0.39, 0.29) is 16.9 Å². The average molecular weight is 353 g/mol. The average Bonchev–Trinajstić information content (AvgIpc) is 2.55. The molecule has 0 aromatic heterocycles. The fraction of sp³-hybridized carbons (Fsp3) is 0.409. The number of benzene rings is 2. The third-order valence-electron chi connectivity index (χ3n) is 5.99. The van der Waals surface area contributed by atoms with Crippen LogP contribution >= 0.6 is 0 Å². The second-order valence-electron chi connectivity index (χ2n) is 8.53. The quantitative estimate of drug-likeness (QED) is 0.695. The minimum absolute atomic E-state index is 0.0920. The van der Waals surface area contributed by atoms with Crippen LogP contribution in [0.15, 0.2) is 60.7 Å². The smallest absolute Gasteiger partial charge is 0.192 e. The third-order valence-corrected chi connectivity index (χ3v) is 10.5. The topological polar surface area (TPSA) is 26.3 Å². The number of hydrogen-bond donors (Lipinski definition) is 0. The molecule has 3 rings (SSSR count). The van der Waals surface area contributed by atoms with Gasteiger partial charge in [-0.15, -0.1) is 0 Å². The van der Waals surface area contributed by atoms with Gasteiger partial charge in [-0.2, -0.15) is 0 Å². The third kappa shape index (κ3) is 2.90. The van der Waals surface area contributed by atoms with Crippen molar-refractivity contribution in [3.05, 3.63) is 71.8 Å². The summed E-state index contributed by atoms with van der Waals surface area (Å²) in [6.07, 6.45) is 0.404. The van der Waals surface area contributed by atoms with Crippen molar-refractivity contribution in [3.63, 3.8) is 0 Å². The van der Waals surface area contributed by atoms with Crippen LogP contribution in [-0.2, 0) is 14.6 Å². The SMILES string of the molecule is CC(C)(C)[Si](C)(C)OC1CC(=O)C1(c1ccccc1)c1ccccc1. The predicted molar refractivity (Wildman–Crippen MR) is 105 cm³/mol.